The Labute approximate surface area is 155 Å². The van der Waals surface area contributed by atoms with Crippen molar-refractivity contribution in [3.05, 3.63) is 46.5 Å². The molecular weight excluding hydrogens is 387 g/mol. The minimum Gasteiger partial charge on any atom is -0.342 e. The molecule has 1 saturated carbocycles. The summed E-state index contributed by atoms with van der Waals surface area (Å²) in [6.07, 6.45) is -4.47. The van der Waals surface area contributed by atoms with Crippen molar-refractivity contribution in [2.45, 2.75) is 37.9 Å². The molecular formula is C17H15F5N4O2. The molecule has 2 heterocycles. The number of aromatic nitrogens is 3. The van der Waals surface area contributed by atoms with Gasteiger partial charge in [0.05, 0.1) is 11.7 Å². The van der Waals surface area contributed by atoms with E-state index in [0.717, 1.165) is 11.6 Å². The number of halogens is 5. The molecule has 1 aliphatic rings. The summed E-state index contributed by atoms with van der Waals surface area (Å²) in [5.74, 6) is -4.64. The van der Waals surface area contributed by atoms with Crippen LogP contribution in [0.5, 0.6) is 0 Å². The molecule has 1 N–H and O–H groups in total. The molecule has 28 heavy (non-hydrogen) atoms. The SMILES string of the molecule is Cc1nn(C)c(C(=O)Cc2ccnc(C(=O)NC3CC3(F)F)c2)c1C(F)(F)F. The van der Waals surface area contributed by atoms with Crippen molar-refractivity contribution in [1.82, 2.24) is 20.1 Å². The van der Waals surface area contributed by atoms with E-state index < -0.39 is 53.9 Å². The van der Waals surface area contributed by atoms with Crippen LogP contribution >= 0.6 is 0 Å². The summed E-state index contributed by atoms with van der Waals surface area (Å²) in [6, 6.07) is 1.28. The van der Waals surface area contributed by atoms with E-state index >= 15 is 0 Å². The third-order valence-corrected chi connectivity index (χ3v) is 4.32. The number of aryl methyl sites for hydroxylation is 2. The van der Waals surface area contributed by atoms with E-state index in [4.69, 9.17) is 0 Å². The second kappa shape index (κ2) is 6.64. The minimum absolute atomic E-state index is 0.203. The lowest BCUT2D eigenvalue weighted by molar-refractivity contribution is -0.138. The predicted octanol–water partition coefficient (Wildman–Crippen LogP) is 2.71. The van der Waals surface area contributed by atoms with Crippen molar-refractivity contribution in [2.75, 3.05) is 0 Å². The number of pyridine rings is 1. The summed E-state index contributed by atoms with van der Waals surface area (Å²) in [7, 11) is 1.23. The number of Topliss-reactive ketones (excluding diaryl/α,β-unsaturated/α-hetero) is 1. The number of carbonyl (C=O) groups excluding carboxylic acids is 2. The van der Waals surface area contributed by atoms with Gasteiger partial charge in [-0.05, 0) is 24.6 Å². The first-order chi connectivity index (χ1) is 12.9. The van der Waals surface area contributed by atoms with Gasteiger partial charge in [0, 0.05) is 26.1 Å². The second-order valence-electron chi connectivity index (χ2n) is 6.57. The Morgan fingerprint density at radius 3 is 2.57 bits per heavy atom. The van der Waals surface area contributed by atoms with Gasteiger partial charge >= 0.3 is 6.18 Å². The second-order valence-corrected chi connectivity index (χ2v) is 6.57. The molecule has 1 atom stereocenters. The third-order valence-electron chi connectivity index (χ3n) is 4.32. The molecule has 1 aliphatic carbocycles. The van der Waals surface area contributed by atoms with E-state index in [1.54, 1.807) is 0 Å². The maximum atomic E-state index is 13.3. The third kappa shape index (κ3) is 3.87. The van der Waals surface area contributed by atoms with Gasteiger partial charge in [0.1, 0.15) is 17.0 Å². The van der Waals surface area contributed by atoms with Crippen molar-refractivity contribution in [1.29, 1.82) is 0 Å². The molecule has 1 amide bonds. The van der Waals surface area contributed by atoms with Crippen molar-refractivity contribution in [2.24, 2.45) is 7.05 Å². The summed E-state index contributed by atoms with van der Waals surface area (Å²) in [5, 5.41) is 5.78. The Balaban J connectivity index is 1.80. The Morgan fingerprint density at radius 1 is 1.36 bits per heavy atom. The monoisotopic (exact) mass is 402 g/mol. The summed E-state index contributed by atoms with van der Waals surface area (Å²) < 4.78 is 66.4. The van der Waals surface area contributed by atoms with Crippen LogP contribution in [0.25, 0.3) is 0 Å². The number of nitrogens with one attached hydrogen (secondary N) is 1. The van der Waals surface area contributed by atoms with Crippen LogP contribution < -0.4 is 5.32 Å². The van der Waals surface area contributed by atoms with Gasteiger partial charge in [-0.3, -0.25) is 19.3 Å². The normalized spacial score (nSPS) is 18.0. The molecule has 0 spiro atoms. The molecule has 6 nitrogen and oxygen atoms in total. The highest BCUT2D eigenvalue weighted by molar-refractivity contribution is 5.98. The summed E-state index contributed by atoms with van der Waals surface area (Å²) in [6.45, 7) is 1.15. The predicted molar refractivity (Wildman–Crippen MR) is 86.0 cm³/mol. The van der Waals surface area contributed by atoms with Gasteiger partial charge in [-0.1, -0.05) is 0 Å². The van der Waals surface area contributed by atoms with Crippen LogP contribution in [0.2, 0.25) is 0 Å². The average Bonchev–Trinajstić information content (AvgIpc) is 3.02. The topological polar surface area (TPSA) is 76.9 Å². The summed E-state index contributed by atoms with van der Waals surface area (Å²) >= 11 is 0. The largest absolute Gasteiger partial charge is 0.420 e. The fourth-order valence-corrected chi connectivity index (χ4v) is 2.90. The number of rotatable bonds is 5. The van der Waals surface area contributed by atoms with Gasteiger partial charge in [0.25, 0.3) is 11.8 Å². The number of ketones is 1. The molecule has 2 aromatic rings. The van der Waals surface area contributed by atoms with E-state index in [-0.39, 0.29) is 17.0 Å². The number of amides is 1. The summed E-state index contributed by atoms with van der Waals surface area (Å²) in [5.41, 5.74) is -2.00. The van der Waals surface area contributed by atoms with Crippen LogP contribution in [0.3, 0.4) is 0 Å². The zero-order chi connectivity index (χ0) is 20.9. The molecule has 0 aromatic carbocycles. The Kier molecular flexibility index (Phi) is 4.72. The molecule has 0 aliphatic heterocycles. The van der Waals surface area contributed by atoms with Crippen LogP contribution in [0.4, 0.5) is 22.0 Å². The fourth-order valence-electron chi connectivity index (χ4n) is 2.90. The van der Waals surface area contributed by atoms with Gasteiger partial charge < -0.3 is 5.32 Å². The number of hydrogen-bond donors (Lipinski definition) is 1. The number of nitrogens with zero attached hydrogens (tertiary/aromatic N) is 3. The van der Waals surface area contributed by atoms with E-state index in [1.807, 2.05) is 0 Å². The zero-order valence-corrected chi connectivity index (χ0v) is 14.8. The van der Waals surface area contributed by atoms with Crippen LogP contribution in [0.1, 0.15) is 44.2 Å². The van der Waals surface area contributed by atoms with Crippen LogP contribution in [-0.4, -0.2) is 38.4 Å². The van der Waals surface area contributed by atoms with Gasteiger partial charge in [0.15, 0.2) is 5.78 Å². The molecule has 11 heteroatoms. The molecule has 1 fully saturated rings. The van der Waals surface area contributed by atoms with Gasteiger partial charge in [0.2, 0.25) is 0 Å². The van der Waals surface area contributed by atoms with Crippen LogP contribution in [-0.2, 0) is 19.6 Å². The Morgan fingerprint density at radius 2 is 2.00 bits per heavy atom. The van der Waals surface area contributed by atoms with E-state index in [0.29, 0.717) is 0 Å². The smallest absolute Gasteiger partial charge is 0.342 e. The molecule has 150 valence electrons. The van der Waals surface area contributed by atoms with Gasteiger partial charge in [-0.25, -0.2) is 8.78 Å². The van der Waals surface area contributed by atoms with Crippen molar-refractivity contribution < 1.29 is 31.5 Å². The van der Waals surface area contributed by atoms with E-state index in [2.05, 4.69) is 15.4 Å². The first-order valence-corrected chi connectivity index (χ1v) is 8.18. The van der Waals surface area contributed by atoms with E-state index in [9.17, 15) is 31.5 Å². The van der Waals surface area contributed by atoms with Crippen molar-refractivity contribution in [3.8, 4) is 0 Å². The number of alkyl halides is 5. The van der Waals surface area contributed by atoms with Gasteiger partial charge in [-0.15, -0.1) is 0 Å². The molecule has 0 radical (unpaired) electrons. The van der Waals surface area contributed by atoms with Gasteiger partial charge in [-0.2, -0.15) is 18.3 Å². The molecule has 1 unspecified atom stereocenters. The van der Waals surface area contributed by atoms with E-state index in [1.165, 1.54) is 25.4 Å². The Hall–Kier alpha value is -2.85. The summed E-state index contributed by atoms with van der Waals surface area (Å²) in [4.78, 5) is 28.2. The molecule has 3 rings (SSSR count). The highest BCUT2D eigenvalue weighted by Gasteiger charge is 2.58. The lowest BCUT2D eigenvalue weighted by atomic mass is 10.0. The average molecular weight is 402 g/mol. The highest BCUT2D eigenvalue weighted by Crippen LogP contribution is 2.41. The van der Waals surface area contributed by atoms with Crippen LogP contribution in [0.15, 0.2) is 18.3 Å². The fraction of sp³-hybridized carbons (Fsp3) is 0.412. The van der Waals surface area contributed by atoms with Crippen LogP contribution in [0, 0.1) is 6.92 Å². The Bertz CT molecular complexity index is 952. The quantitative estimate of drug-likeness (QED) is 0.616. The molecule has 0 bridgehead atoms. The standard InChI is InChI=1S/C17H15F5N4O2/c1-8-13(17(20,21)22)14(26(2)25-8)11(27)6-9-3-4-23-10(5-9)15(28)24-12-7-16(12,18)19/h3-5,12H,6-7H2,1-2H3,(H,24,28). The number of carbonyl (C=O) groups is 2. The lowest BCUT2D eigenvalue weighted by Gasteiger charge is -2.10. The first kappa shape index (κ1) is 19.9. The zero-order valence-electron chi connectivity index (χ0n) is 14.8. The minimum atomic E-state index is -4.75. The molecule has 0 saturated heterocycles. The first-order valence-electron chi connectivity index (χ1n) is 8.18. The molecule has 2 aromatic heterocycles. The van der Waals surface area contributed by atoms with Crippen molar-refractivity contribution in [3.63, 3.8) is 0 Å². The highest BCUT2D eigenvalue weighted by atomic mass is 19.4. The number of hydrogen-bond acceptors (Lipinski definition) is 4. The maximum absolute atomic E-state index is 13.3. The van der Waals surface area contributed by atoms with Crippen molar-refractivity contribution >= 4 is 11.7 Å². The lowest BCUT2D eigenvalue weighted by Crippen LogP contribution is -2.30. The maximum Gasteiger partial charge on any atom is 0.420 e.